The highest BCUT2D eigenvalue weighted by Crippen LogP contribution is 2.29. The van der Waals surface area contributed by atoms with Crippen LogP contribution in [0.15, 0.2) is 35.5 Å². The predicted octanol–water partition coefficient (Wildman–Crippen LogP) is 3.02. The van der Waals surface area contributed by atoms with Gasteiger partial charge in [-0.2, -0.15) is 0 Å². The van der Waals surface area contributed by atoms with Crippen LogP contribution in [0.2, 0.25) is 0 Å². The largest absolute Gasteiger partial charge is 0.345 e. The van der Waals surface area contributed by atoms with Crippen LogP contribution in [-0.2, 0) is 11.2 Å². The third kappa shape index (κ3) is 3.35. The number of likely N-dealkylation sites (tertiary alicyclic amines) is 1. The number of imidazole rings is 1. The number of aryl methyl sites for hydroxylation is 1. The molecule has 2 aromatic rings. The molecule has 0 aliphatic carbocycles. The summed E-state index contributed by atoms with van der Waals surface area (Å²) in [6.45, 7) is 2.91. The Labute approximate surface area is 135 Å². The van der Waals surface area contributed by atoms with E-state index in [9.17, 15) is 4.79 Å². The molecule has 116 valence electrons. The number of amides is 1. The normalized spacial score (nSPS) is 18.7. The number of aromatic amines is 1. The minimum atomic E-state index is -0.00567. The maximum Gasteiger partial charge on any atom is 0.235 e. The second-order valence-electron chi connectivity index (χ2n) is 5.78. The van der Waals surface area contributed by atoms with Crippen molar-refractivity contribution in [1.29, 1.82) is 0 Å². The Kier molecular flexibility index (Phi) is 4.52. The van der Waals surface area contributed by atoms with Crippen LogP contribution in [0.1, 0.15) is 29.8 Å². The topological polar surface area (TPSA) is 49.0 Å². The third-order valence-corrected chi connectivity index (χ3v) is 5.18. The monoisotopic (exact) mass is 315 g/mol. The Bertz CT molecular complexity index is 653. The lowest BCUT2D eigenvalue weighted by Crippen LogP contribution is -2.40. The second-order valence-corrected chi connectivity index (χ2v) is 6.98. The summed E-state index contributed by atoms with van der Waals surface area (Å²) in [6.07, 6.45) is 2.82. The first-order valence-electron chi connectivity index (χ1n) is 7.64. The lowest BCUT2D eigenvalue weighted by Gasteiger charge is -2.28. The smallest absolute Gasteiger partial charge is 0.235 e. The molecule has 3 rings (SSSR count). The molecule has 0 radical (unpaired) electrons. The van der Waals surface area contributed by atoms with Crippen molar-refractivity contribution in [2.45, 2.75) is 36.6 Å². The quantitative estimate of drug-likeness (QED) is 0.943. The molecule has 22 heavy (non-hydrogen) atoms. The molecule has 1 aliphatic rings. The van der Waals surface area contributed by atoms with Crippen LogP contribution in [0, 0.1) is 6.92 Å². The lowest BCUT2D eigenvalue weighted by atomic mass is 10.1. The highest BCUT2D eigenvalue weighted by atomic mass is 32.2. The fourth-order valence-electron chi connectivity index (χ4n) is 2.72. The Morgan fingerprint density at radius 1 is 1.36 bits per heavy atom. The van der Waals surface area contributed by atoms with Gasteiger partial charge in [0.1, 0.15) is 0 Å². The minimum absolute atomic E-state index is 0.00567. The summed E-state index contributed by atoms with van der Waals surface area (Å²) in [4.78, 5) is 22.0. The van der Waals surface area contributed by atoms with Gasteiger partial charge in [-0.3, -0.25) is 4.79 Å². The van der Waals surface area contributed by atoms with Gasteiger partial charge >= 0.3 is 0 Å². The van der Waals surface area contributed by atoms with E-state index >= 15 is 0 Å². The van der Waals surface area contributed by atoms with Crippen LogP contribution < -0.4 is 0 Å². The molecule has 1 aromatic heterocycles. The molecule has 2 heterocycles. The van der Waals surface area contributed by atoms with Gasteiger partial charge in [-0.1, -0.05) is 42.1 Å². The van der Waals surface area contributed by atoms with E-state index in [1.165, 1.54) is 5.56 Å². The zero-order chi connectivity index (χ0) is 15.5. The van der Waals surface area contributed by atoms with E-state index in [4.69, 9.17) is 4.98 Å². The van der Waals surface area contributed by atoms with E-state index in [2.05, 4.69) is 17.1 Å². The predicted molar refractivity (Wildman–Crippen MR) is 89.1 cm³/mol. The number of piperidine rings is 1. The van der Waals surface area contributed by atoms with Crippen molar-refractivity contribution in [2.75, 3.05) is 13.6 Å². The highest BCUT2D eigenvalue weighted by molar-refractivity contribution is 8.00. The highest BCUT2D eigenvalue weighted by Gasteiger charge is 2.28. The number of rotatable bonds is 4. The number of carbonyl (C=O) groups is 1. The summed E-state index contributed by atoms with van der Waals surface area (Å²) in [5, 5.41) is 0.853. The molecule has 0 saturated carbocycles. The molecule has 1 atom stereocenters. The minimum Gasteiger partial charge on any atom is -0.345 e. The summed E-state index contributed by atoms with van der Waals surface area (Å²) in [6, 6.07) is 10.3. The van der Waals surface area contributed by atoms with Gasteiger partial charge in [-0.25, -0.2) is 4.98 Å². The molecule has 1 fully saturated rings. The van der Waals surface area contributed by atoms with Gasteiger partial charge in [-0.05, 0) is 25.3 Å². The van der Waals surface area contributed by atoms with Gasteiger partial charge in [0, 0.05) is 25.7 Å². The molecule has 1 unspecified atom stereocenters. The van der Waals surface area contributed by atoms with E-state index in [0.29, 0.717) is 0 Å². The van der Waals surface area contributed by atoms with Gasteiger partial charge < -0.3 is 9.88 Å². The first-order valence-corrected chi connectivity index (χ1v) is 8.52. The maximum atomic E-state index is 12.2. The fraction of sp³-hybridized carbons (Fsp3) is 0.412. The van der Waals surface area contributed by atoms with Crippen molar-refractivity contribution in [2.24, 2.45) is 0 Å². The average Bonchev–Trinajstić information content (AvgIpc) is 2.85. The van der Waals surface area contributed by atoms with Gasteiger partial charge in [0.05, 0.1) is 10.9 Å². The van der Waals surface area contributed by atoms with Crippen LogP contribution in [0.5, 0.6) is 0 Å². The first-order chi connectivity index (χ1) is 10.6. The average molecular weight is 315 g/mol. The summed E-state index contributed by atoms with van der Waals surface area (Å²) >= 11 is 1.56. The van der Waals surface area contributed by atoms with Crippen LogP contribution in [0.25, 0.3) is 0 Å². The third-order valence-electron chi connectivity index (χ3n) is 4.04. The zero-order valence-electron chi connectivity index (χ0n) is 13.0. The summed E-state index contributed by atoms with van der Waals surface area (Å²) in [5.41, 5.74) is 3.40. The number of aromatic nitrogens is 2. The number of benzene rings is 1. The molecule has 0 spiro atoms. The van der Waals surface area contributed by atoms with E-state index in [0.717, 1.165) is 42.4 Å². The summed E-state index contributed by atoms with van der Waals surface area (Å²) < 4.78 is 0. The van der Waals surface area contributed by atoms with Crippen molar-refractivity contribution < 1.29 is 4.79 Å². The number of thioether (sulfide) groups is 1. The van der Waals surface area contributed by atoms with Crippen LogP contribution in [-0.4, -0.2) is 39.6 Å². The first kappa shape index (κ1) is 15.2. The van der Waals surface area contributed by atoms with Gasteiger partial charge in [0.2, 0.25) is 5.91 Å². The molecule has 1 N–H and O–H groups in total. The van der Waals surface area contributed by atoms with Crippen molar-refractivity contribution in [3.8, 4) is 0 Å². The van der Waals surface area contributed by atoms with Gasteiger partial charge in [0.15, 0.2) is 5.16 Å². The van der Waals surface area contributed by atoms with Crippen LogP contribution in [0.4, 0.5) is 0 Å². The second kappa shape index (κ2) is 6.57. The van der Waals surface area contributed by atoms with Crippen molar-refractivity contribution in [3.63, 3.8) is 0 Å². The molecule has 1 saturated heterocycles. The summed E-state index contributed by atoms with van der Waals surface area (Å²) in [5.74, 6) is 0.218. The number of nitrogens with zero attached hydrogens (tertiary/aromatic N) is 2. The van der Waals surface area contributed by atoms with Crippen molar-refractivity contribution in [3.05, 3.63) is 47.3 Å². The fourth-order valence-corrected chi connectivity index (χ4v) is 3.93. The summed E-state index contributed by atoms with van der Waals surface area (Å²) in [7, 11) is 1.88. The SMILES string of the molecule is Cc1[nH]c(SC2CCCN(C)C2=O)nc1Cc1ccccc1. The number of nitrogens with one attached hydrogen (secondary N) is 1. The molecular formula is C17H21N3OS. The number of hydrogen-bond donors (Lipinski definition) is 1. The Morgan fingerprint density at radius 3 is 2.91 bits per heavy atom. The molecular weight excluding hydrogens is 294 g/mol. The van der Waals surface area contributed by atoms with E-state index < -0.39 is 0 Å². The standard InChI is InChI=1S/C17H21N3OS/c1-12-14(11-13-7-4-3-5-8-13)19-17(18-12)22-15-9-6-10-20(2)16(15)21/h3-5,7-8,15H,6,9-11H2,1-2H3,(H,18,19). The van der Waals surface area contributed by atoms with Crippen LogP contribution in [0.3, 0.4) is 0 Å². The Hall–Kier alpha value is -1.75. The van der Waals surface area contributed by atoms with Crippen molar-refractivity contribution in [1.82, 2.24) is 14.9 Å². The van der Waals surface area contributed by atoms with Gasteiger partial charge in [0.25, 0.3) is 0 Å². The Morgan fingerprint density at radius 2 is 2.14 bits per heavy atom. The molecule has 0 bridgehead atoms. The van der Waals surface area contributed by atoms with Crippen molar-refractivity contribution >= 4 is 17.7 Å². The molecule has 1 aromatic carbocycles. The number of H-pyrrole nitrogens is 1. The molecule has 5 heteroatoms. The Balaban J connectivity index is 1.71. The van der Waals surface area contributed by atoms with Crippen LogP contribution >= 0.6 is 11.8 Å². The van der Waals surface area contributed by atoms with E-state index in [1.54, 1.807) is 11.8 Å². The maximum absolute atomic E-state index is 12.2. The van der Waals surface area contributed by atoms with Gasteiger partial charge in [-0.15, -0.1) is 0 Å². The molecule has 4 nitrogen and oxygen atoms in total. The zero-order valence-corrected chi connectivity index (χ0v) is 13.8. The number of carbonyl (C=O) groups excluding carboxylic acids is 1. The lowest BCUT2D eigenvalue weighted by molar-refractivity contribution is -0.131. The van der Waals surface area contributed by atoms with E-state index in [-0.39, 0.29) is 11.2 Å². The number of hydrogen-bond acceptors (Lipinski definition) is 3. The molecule has 1 amide bonds. The molecule has 1 aliphatic heterocycles. The van der Waals surface area contributed by atoms with E-state index in [1.807, 2.05) is 37.1 Å².